The van der Waals surface area contributed by atoms with Crippen LogP contribution in [-0.4, -0.2) is 59.4 Å². The average Bonchev–Trinajstić information content (AvgIpc) is 2.79. The summed E-state index contributed by atoms with van der Waals surface area (Å²) in [5, 5.41) is 0. The molecule has 10 heteroatoms. The number of carbonyl (C=O) groups excluding carboxylic acids is 1. The molecule has 2 saturated heterocycles. The smallest absolute Gasteiger partial charge is 0.360 e. The van der Waals surface area contributed by atoms with Crippen molar-refractivity contribution in [2.75, 3.05) is 31.1 Å². The molecule has 6 nitrogen and oxygen atoms in total. The van der Waals surface area contributed by atoms with Crippen LogP contribution in [-0.2, 0) is 15.7 Å². The summed E-state index contributed by atoms with van der Waals surface area (Å²) in [6, 6.07) is 2.66. The molecule has 0 aliphatic carbocycles. The molecule has 3 rings (SSSR count). The molecule has 3 heterocycles. The molecule has 0 aromatic carbocycles. The highest BCUT2D eigenvalue weighted by atomic mass is 19.4. The van der Waals surface area contributed by atoms with Gasteiger partial charge in [0.2, 0.25) is 0 Å². The van der Waals surface area contributed by atoms with Crippen LogP contribution in [0, 0.1) is 0 Å². The van der Waals surface area contributed by atoms with Gasteiger partial charge in [-0.05, 0) is 44.9 Å². The molecule has 2 aliphatic rings. The summed E-state index contributed by atoms with van der Waals surface area (Å²) in [6.45, 7) is 8.48. The van der Waals surface area contributed by atoms with Crippen LogP contribution < -0.4 is 4.90 Å². The molecule has 33 heavy (non-hydrogen) atoms. The first kappa shape index (κ1) is 25.0. The number of morpholine rings is 1. The van der Waals surface area contributed by atoms with Crippen molar-refractivity contribution in [1.29, 1.82) is 0 Å². The zero-order chi connectivity index (χ0) is 24.2. The predicted octanol–water partition coefficient (Wildman–Crippen LogP) is 4.53. The van der Waals surface area contributed by atoms with Crippen LogP contribution in [0.1, 0.15) is 38.8 Å². The number of nitrogens with zero attached hydrogens (tertiary/aromatic N) is 4. The number of hydrogen-bond donors (Lipinski definition) is 0. The fraction of sp³-hybridized carbons (Fsp3) is 0.522. The number of piperidine rings is 1. The third-order valence-corrected chi connectivity index (χ3v) is 6.04. The van der Waals surface area contributed by atoms with E-state index in [9.17, 15) is 22.4 Å². The fourth-order valence-electron chi connectivity index (χ4n) is 4.33. The summed E-state index contributed by atoms with van der Waals surface area (Å²) in [6.07, 6.45) is -0.365. The van der Waals surface area contributed by atoms with E-state index in [2.05, 4.69) is 21.5 Å². The topological polar surface area (TPSA) is 58.0 Å². The Bertz CT molecular complexity index is 937. The lowest BCUT2D eigenvalue weighted by atomic mass is 9.88. The highest BCUT2D eigenvalue weighted by Gasteiger charge is 2.48. The Morgan fingerprint density at radius 2 is 2.09 bits per heavy atom. The van der Waals surface area contributed by atoms with Crippen molar-refractivity contribution in [1.82, 2.24) is 9.88 Å². The van der Waals surface area contributed by atoms with Gasteiger partial charge in [0.25, 0.3) is 5.91 Å². The zero-order valence-corrected chi connectivity index (χ0v) is 18.7. The van der Waals surface area contributed by atoms with E-state index in [1.54, 1.807) is 13.8 Å². The lowest BCUT2D eigenvalue weighted by molar-refractivity contribution is -0.162. The number of aromatic nitrogens is 1. The van der Waals surface area contributed by atoms with Gasteiger partial charge in [0, 0.05) is 38.5 Å². The molecule has 2 aliphatic heterocycles. The highest BCUT2D eigenvalue weighted by Crippen LogP contribution is 2.39. The maximum absolute atomic E-state index is 13.9. The van der Waals surface area contributed by atoms with Gasteiger partial charge >= 0.3 is 6.18 Å². The number of alkyl halides is 3. The molecule has 0 bridgehead atoms. The lowest BCUT2D eigenvalue weighted by Gasteiger charge is -2.49. The molecule has 1 aromatic heterocycles. The number of amides is 1. The van der Waals surface area contributed by atoms with Crippen molar-refractivity contribution in [3.8, 4) is 0 Å². The maximum atomic E-state index is 13.9. The minimum atomic E-state index is -4.68. The third kappa shape index (κ3) is 5.67. The van der Waals surface area contributed by atoms with Crippen LogP contribution in [0.3, 0.4) is 0 Å². The summed E-state index contributed by atoms with van der Waals surface area (Å²) >= 11 is 0. The monoisotopic (exact) mass is 468 g/mol. The lowest BCUT2D eigenvalue weighted by Crippen LogP contribution is -2.62. The van der Waals surface area contributed by atoms with Gasteiger partial charge in [-0.1, -0.05) is 6.58 Å². The van der Waals surface area contributed by atoms with E-state index in [0.717, 1.165) is 11.1 Å². The maximum Gasteiger partial charge on any atom is 0.435 e. The molecule has 1 amide bonds. The summed E-state index contributed by atoms with van der Waals surface area (Å²) in [4.78, 5) is 23.5. The van der Waals surface area contributed by atoms with Crippen molar-refractivity contribution < 1.29 is 27.1 Å². The van der Waals surface area contributed by atoms with Crippen LogP contribution >= 0.6 is 0 Å². The normalized spacial score (nSPS) is 22.7. The van der Waals surface area contributed by atoms with Crippen molar-refractivity contribution in [2.45, 2.75) is 51.0 Å². The molecule has 2 fully saturated rings. The van der Waals surface area contributed by atoms with Gasteiger partial charge in [-0.15, -0.1) is 0 Å². The van der Waals surface area contributed by atoms with Gasteiger partial charge in [0.15, 0.2) is 5.69 Å². The van der Waals surface area contributed by atoms with Gasteiger partial charge in [-0.3, -0.25) is 9.79 Å². The van der Waals surface area contributed by atoms with Crippen molar-refractivity contribution in [3.63, 3.8) is 0 Å². The Kier molecular flexibility index (Phi) is 7.69. The van der Waals surface area contributed by atoms with Crippen LogP contribution in [0.5, 0.6) is 0 Å². The molecule has 0 saturated carbocycles. The van der Waals surface area contributed by atoms with Crippen LogP contribution in [0.4, 0.5) is 23.2 Å². The second-order valence-corrected chi connectivity index (χ2v) is 8.22. The van der Waals surface area contributed by atoms with Crippen molar-refractivity contribution in [3.05, 3.63) is 48.7 Å². The van der Waals surface area contributed by atoms with Gasteiger partial charge in [-0.2, -0.15) is 13.2 Å². The largest absolute Gasteiger partial charge is 0.435 e. The first-order chi connectivity index (χ1) is 15.6. The quantitative estimate of drug-likeness (QED) is 0.455. The van der Waals surface area contributed by atoms with E-state index in [-0.39, 0.29) is 18.1 Å². The zero-order valence-electron chi connectivity index (χ0n) is 18.7. The van der Waals surface area contributed by atoms with E-state index in [1.807, 2.05) is 0 Å². The number of aliphatic imine (C=N–C) groups is 1. The number of carbonyl (C=O) groups is 1. The Labute approximate surface area is 190 Å². The Balaban J connectivity index is 1.72. The molecular formula is C23H28F4N4O2. The molecular weight excluding hydrogens is 440 g/mol. The van der Waals surface area contributed by atoms with Gasteiger partial charge < -0.3 is 14.5 Å². The minimum Gasteiger partial charge on any atom is -0.360 e. The van der Waals surface area contributed by atoms with E-state index in [1.165, 1.54) is 24.4 Å². The second-order valence-electron chi connectivity index (χ2n) is 8.22. The first-order valence-electron chi connectivity index (χ1n) is 10.8. The summed E-state index contributed by atoms with van der Waals surface area (Å²) < 4.78 is 60.5. The summed E-state index contributed by atoms with van der Waals surface area (Å²) in [5.74, 6) is -0.910. The molecule has 0 radical (unpaired) electrons. The molecule has 180 valence electrons. The first-order valence-corrected chi connectivity index (χ1v) is 10.8. The number of allylic oxidation sites excluding steroid dienone is 2. The number of likely N-dealkylation sites (tertiary alicyclic amines) is 1. The molecule has 1 atom stereocenters. The molecule has 1 unspecified atom stereocenters. The minimum absolute atomic E-state index is 0.0230. The summed E-state index contributed by atoms with van der Waals surface area (Å²) in [7, 11) is 0. The van der Waals surface area contributed by atoms with Gasteiger partial charge in [-0.25, -0.2) is 9.37 Å². The van der Waals surface area contributed by atoms with E-state index in [0.29, 0.717) is 44.6 Å². The number of rotatable bonds is 6. The number of halogens is 4. The highest BCUT2D eigenvalue weighted by molar-refractivity contribution is 5.99. The van der Waals surface area contributed by atoms with E-state index >= 15 is 0 Å². The number of pyridine rings is 1. The van der Waals surface area contributed by atoms with Crippen LogP contribution in [0.2, 0.25) is 0 Å². The standard InChI is InChI=1S/C23H28F4N4O2/c1-4-17(24)18(28-5-2)8-12-30-13-9-22(10-14-30)15-31(21(32)16(3)33-22)19-7-6-11-29-20(19)23(25,26)27/h4-7,11,16H,2,8-10,12-15H2,1,3H3/b17-4+,28-18?. The summed E-state index contributed by atoms with van der Waals surface area (Å²) in [5.41, 5.74) is -1.77. The van der Waals surface area contributed by atoms with Crippen molar-refractivity contribution in [2.24, 2.45) is 4.99 Å². The number of ether oxygens (including phenoxy) is 1. The Morgan fingerprint density at radius 1 is 1.39 bits per heavy atom. The van der Waals surface area contributed by atoms with E-state index < -0.39 is 29.5 Å². The predicted molar refractivity (Wildman–Crippen MR) is 118 cm³/mol. The molecule has 1 aromatic rings. The van der Waals surface area contributed by atoms with Crippen LogP contribution in [0.25, 0.3) is 0 Å². The van der Waals surface area contributed by atoms with Gasteiger partial charge in [0.05, 0.1) is 23.5 Å². The number of anilines is 1. The molecule has 1 spiro atoms. The molecule has 0 N–H and O–H groups in total. The fourth-order valence-corrected chi connectivity index (χ4v) is 4.33. The van der Waals surface area contributed by atoms with Gasteiger partial charge in [0.1, 0.15) is 11.9 Å². The number of hydrogen-bond acceptors (Lipinski definition) is 5. The Hall–Kier alpha value is -2.59. The third-order valence-electron chi connectivity index (χ3n) is 6.04. The van der Waals surface area contributed by atoms with E-state index in [4.69, 9.17) is 4.74 Å². The van der Waals surface area contributed by atoms with Crippen LogP contribution in [0.15, 0.2) is 48.0 Å². The Morgan fingerprint density at radius 3 is 2.70 bits per heavy atom. The average molecular weight is 468 g/mol. The SMILES string of the molecule is C=CN=C(CCN1CCC2(CC1)CN(c1cccnc1C(F)(F)F)C(=O)C(C)O2)/C(F)=C\C. The van der Waals surface area contributed by atoms with Crippen molar-refractivity contribution >= 4 is 17.3 Å². The second kappa shape index (κ2) is 10.1.